The first-order valence-corrected chi connectivity index (χ1v) is 5.12. The summed E-state index contributed by atoms with van der Waals surface area (Å²) in [6.07, 6.45) is -0.622. The molecule has 1 aliphatic rings. The van der Waals surface area contributed by atoms with Crippen molar-refractivity contribution in [3.8, 4) is 0 Å². The number of amides is 1. The third-order valence-electron chi connectivity index (χ3n) is 2.23. The van der Waals surface area contributed by atoms with Gasteiger partial charge in [0.15, 0.2) is 0 Å². The normalized spacial score (nSPS) is 26.9. The fourth-order valence-corrected chi connectivity index (χ4v) is 1.61. The van der Waals surface area contributed by atoms with Crippen molar-refractivity contribution in [2.24, 2.45) is 0 Å². The monoisotopic (exact) mass is 217 g/mol. The first kappa shape index (κ1) is 12.3. The molecule has 2 atom stereocenters. The van der Waals surface area contributed by atoms with E-state index in [0.29, 0.717) is 6.42 Å². The Kier molecular flexibility index (Phi) is 3.57. The molecular weight excluding hydrogens is 198 g/mol. The number of rotatable bonds is 1. The van der Waals surface area contributed by atoms with Gasteiger partial charge in [-0.25, -0.2) is 4.79 Å². The average molecular weight is 217 g/mol. The Balaban J connectivity index is 2.59. The SMILES string of the molecule is CC(C)(C)OC(=O)N1CC(O)CC1CO. The van der Waals surface area contributed by atoms with Crippen molar-refractivity contribution < 1.29 is 19.7 Å². The van der Waals surface area contributed by atoms with Crippen molar-refractivity contribution in [3.05, 3.63) is 0 Å². The molecule has 1 rings (SSSR count). The number of carbonyl (C=O) groups excluding carboxylic acids is 1. The summed E-state index contributed by atoms with van der Waals surface area (Å²) in [6, 6.07) is -0.324. The van der Waals surface area contributed by atoms with Gasteiger partial charge < -0.3 is 19.8 Å². The molecule has 88 valence electrons. The van der Waals surface area contributed by atoms with Crippen molar-refractivity contribution in [1.29, 1.82) is 0 Å². The second-order valence-corrected chi connectivity index (χ2v) is 4.86. The maximum atomic E-state index is 11.7. The molecule has 0 bridgehead atoms. The Morgan fingerprint density at radius 2 is 2.13 bits per heavy atom. The van der Waals surface area contributed by atoms with Crippen LogP contribution in [0.25, 0.3) is 0 Å². The van der Waals surface area contributed by atoms with Crippen LogP contribution < -0.4 is 0 Å². The molecule has 0 aromatic carbocycles. The highest BCUT2D eigenvalue weighted by Crippen LogP contribution is 2.20. The highest BCUT2D eigenvalue weighted by molar-refractivity contribution is 5.69. The Labute approximate surface area is 89.6 Å². The minimum absolute atomic E-state index is 0.143. The lowest BCUT2D eigenvalue weighted by Crippen LogP contribution is -2.41. The molecule has 1 fully saturated rings. The van der Waals surface area contributed by atoms with Crippen molar-refractivity contribution >= 4 is 6.09 Å². The van der Waals surface area contributed by atoms with Crippen LogP contribution in [-0.2, 0) is 4.74 Å². The number of aliphatic hydroxyl groups is 2. The maximum Gasteiger partial charge on any atom is 0.410 e. The number of aliphatic hydroxyl groups excluding tert-OH is 2. The van der Waals surface area contributed by atoms with Crippen LogP contribution in [0, 0.1) is 0 Å². The zero-order valence-corrected chi connectivity index (χ0v) is 9.43. The summed E-state index contributed by atoms with van der Waals surface area (Å²) in [5.41, 5.74) is -0.551. The van der Waals surface area contributed by atoms with Crippen molar-refractivity contribution in [2.75, 3.05) is 13.2 Å². The van der Waals surface area contributed by atoms with Crippen LogP contribution >= 0.6 is 0 Å². The van der Waals surface area contributed by atoms with E-state index >= 15 is 0 Å². The van der Waals surface area contributed by atoms with Gasteiger partial charge in [-0.05, 0) is 27.2 Å². The van der Waals surface area contributed by atoms with Gasteiger partial charge in [-0.3, -0.25) is 0 Å². The highest BCUT2D eigenvalue weighted by atomic mass is 16.6. The summed E-state index contributed by atoms with van der Waals surface area (Å²) < 4.78 is 5.17. The van der Waals surface area contributed by atoms with Gasteiger partial charge in [0.05, 0.1) is 25.3 Å². The van der Waals surface area contributed by atoms with Crippen molar-refractivity contribution in [2.45, 2.75) is 44.9 Å². The summed E-state index contributed by atoms with van der Waals surface area (Å²) in [7, 11) is 0. The van der Waals surface area contributed by atoms with Crippen molar-refractivity contribution in [1.82, 2.24) is 4.90 Å². The Morgan fingerprint density at radius 3 is 2.60 bits per heavy atom. The fourth-order valence-electron chi connectivity index (χ4n) is 1.61. The fraction of sp³-hybridized carbons (Fsp3) is 0.900. The summed E-state index contributed by atoms with van der Waals surface area (Å²) in [6.45, 7) is 5.44. The third-order valence-corrected chi connectivity index (χ3v) is 2.23. The molecule has 0 saturated carbocycles. The molecule has 1 aliphatic heterocycles. The highest BCUT2D eigenvalue weighted by Gasteiger charge is 2.36. The first-order chi connectivity index (χ1) is 6.83. The summed E-state index contributed by atoms with van der Waals surface area (Å²) in [5.74, 6) is 0. The molecule has 2 unspecified atom stereocenters. The molecule has 2 N–H and O–H groups in total. The van der Waals surface area contributed by atoms with E-state index in [2.05, 4.69) is 0 Å². The van der Waals surface area contributed by atoms with E-state index in [4.69, 9.17) is 9.84 Å². The first-order valence-electron chi connectivity index (χ1n) is 5.12. The van der Waals surface area contributed by atoms with E-state index in [9.17, 15) is 9.90 Å². The van der Waals surface area contributed by atoms with Crippen LogP contribution in [0.15, 0.2) is 0 Å². The standard InChI is InChI=1S/C10H19NO4/c1-10(2,3)15-9(14)11-5-8(13)4-7(11)6-12/h7-8,12-13H,4-6H2,1-3H3. The number of carbonyl (C=O) groups is 1. The van der Waals surface area contributed by atoms with E-state index in [1.807, 2.05) is 0 Å². The van der Waals surface area contributed by atoms with E-state index < -0.39 is 17.8 Å². The minimum Gasteiger partial charge on any atom is -0.444 e. The predicted octanol–water partition coefficient (Wildman–Crippen LogP) is 0.349. The van der Waals surface area contributed by atoms with Gasteiger partial charge in [0, 0.05) is 0 Å². The topological polar surface area (TPSA) is 70.0 Å². The maximum absolute atomic E-state index is 11.7. The molecule has 0 radical (unpaired) electrons. The largest absolute Gasteiger partial charge is 0.444 e. The van der Waals surface area contributed by atoms with Crippen LogP contribution in [0.1, 0.15) is 27.2 Å². The number of β-amino-alcohol motifs (C(OH)–C–C–N with tert-alkyl or cyclic N) is 1. The van der Waals surface area contributed by atoms with Crippen LogP contribution in [0.3, 0.4) is 0 Å². The summed E-state index contributed by atoms with van der Waals surface area (Å²) in [4.78, 5) is 13.0. The van der Waals surface area contributed by atoms with Gasteiger partial charge in [-0.15, -0.1) is 0 Å². The van der Waals surface area contributed by atoms with E-state index in [1.54, 1.807) is 20.8 Å². The molecule has 0 aliphatic carbocycles. The Hall–Kier alpha value is -0.810. The number of hydrogen-bond donors (Lipinski definition) is 2. The number of ether oxygens (including phenoxy) is 1. The average Bonchev–Trinajstić information content (AvgIpc) is 2.43. The van der Waals surface area contributed by atoms with Gasteiger partial charge in [0.1, 0.15) is 5.60 Å². The molecular formula is C10H19NO4. The lowest BCUT2D eigenvalue weighted by atomic mass is 10.2. The van der Waals surface area contributed by atoms with E-state index in [1.165, 1.54) is 4.90 Å². The Morgan fingerprint density at radius 1 is 1.53 bits per heavy atom. The molecule has 0 aromatic rings. The third kappa shape index (κ3) is 3.35. The van der Waals surface area contributed by atoms with Crippen LogP contribution in [-0.4, -0.2) is 52.1 Å². The zero-order chi connectivity index (χ0) is 11.6. The van der Waals surface area contributed by atoms with E-state index in [0.717, 1.165) is 0 Å². The smallest absolute Gasteiger partial charge is 0.410 e. The summed E-state index contributed by atoms with van der Waals surface area (Å²) >= 11 is 0. The van der Waals surface area contributed by atoms with Gasteiger partial charge in [-0.2, -0.15) is 0 Å². The van der Waals surface area contributed by atoms with Gasteiger partial charge in [0.25, 0.3) is 0 Å². The number of likely N-dealkylation sites (tertiary alicyclic amines) is 1. The predicted molar refractivity (Wildman–Crippen MR) is 54.4 cm³/mol. The molecule has 15 heavy (non-hydrogen) atoms. The van der Waals surface area contributed by atoms with Gasteiger partial charge >= 0.3 is 6.09 Å². The van der Waals surface area contributed by atoms with Gasteiger partial charge in [0.2, 0.25) is 0 Å². The lowest BCUT2D eigenvalue weighted by Gasteiger charge is -2.27. The van der Waals surface area contributed by atoms with Crippen LogP contribution in [0.4, 0.5) is 4.79 Å². The number of hydrogen-bond acceptors (Lipinski definition) is 4. The molecule has 1 amide bonds. The van der Waals surface area contributed by atoms with Crippen molar-refractivity contribution in [3.63, 3.8) is 0 Å². The lowest BCUT2D eigenvalue weighted by molar-refractivity contribution is 0.0162. The molecule has 5 heteroatoms. The van der Waals surface area contributed by atoms with Crippen LogP contribution in [0.2, 0.25) is 0 Å². The molecule has 0 spiro atoms. The minimum atomic E-state index is -0.560. The second kappa shape index (κ2) is 4.37. The zero-order valence-electron chi connectivity index (χ0n) is 9.43. The quantitative estimate of drug-likeness (QED) is 0.665. The van der Waals surface area contributed by atoms with Crippen LogP contribution in [0.5, 0.6) is 0 Å². The second-order valence-electron chi connectivity index (χ2n) is 4.86. The molecule has 0 aromatic heterocycles. The number of nitrogens with zero attached hydrogens (tertiary/aromatic N) is 1. The molecule has 5 nitrogen and oxygen atoms in total. The molecule has 1 saturated heterocycles. The summed E-state index contributed by atoms with van der Waals surface area (Å²) in [5, 5.41) is 18.4. The Bertz CT molecular complexity index is 236. The van der Waals surface area contributed by atoms with Gasteiger partial charge in [-0.1, -0.05) is 0 Å². The molecule has 1 heterocycles. The van der Waals surface area contributed by atoms with E-state index in [-0.39, 0.29) is 19.2 Å².